The second-order valence-corrected chi connectivity index (χ2v) is 12.3. The number of hydrogen-bond donors (Lipinski definition) is 0. The number of rotatable bonds is 9. The van der Waals surface area contributed by atoms with Gasteiger partial charge in [0.2, 0.25) is 0 Å². The first-order valence-electron chi connectivity index (χ1n) is 15.0. The van der Waals surface area contributed by atoms with Gasteiger partial charge in [-0.3, -0.25) is 0 Å². The van der Waals surface area contributed by atoms with E-state index >= 15 is 0 Å². The standard InChI is InChI=1S/C40H46/c1-27(2)33-13-9-31(10-14-33)25-39(37-21-17-35(18-22-37)29(5)6)40(38-23-19-36(20-24-38)30(7)8)26-32-11-15-34(16-12-32)28(3)4/h9-30H,1-8H3/b39-25-,40-26?. The number of hydrogen-bond acceptors (Lipinski definition) is 0. The molecule has 0 radical (unpaired) electrons. The van der Waals surface area contributed by atoms with Gasteiger partial charge in [0.05, 0.1) is 0 Å². The first-order valence-corrected chi connectivity index (χ1v) is 15.0. The first-order chi connectivity index (χ1) is 19.1. The molecule has 0 saturated carbocycles. The molecule has 0 atom stereocenters. The van der Waals surface area contributed by atoms with Gasteiger partial charge in [0.15, 0.2) is 0 Å². The molecule has 0 unspecified atom stereocenters. The minimum Gasteiger partial charge on any atom is -0.0587 e. The van der Waals surface area contributed by atoms with Crippen molar-refractivity contribution in [1.29, 1.82) is 0 Å². The lowest BCUT2D eigenvalue weighted by molar-refractivity contribution is 0.866. The molecule has 0 N–H and O–H groups in total. The van der Waals surface area contributed by atoms with Crippen LogP contribution in [0.25, 0.3) is 23.3 Å². The van der Waals surface area contributed by atoms with Gasteiger partial charge in [0.25, 0.3) is 0 Å². The minimum absolute atomic E-state index is 0.503. The summed E-state index contributed by atoms with van der Waals surface area (Å²) in [6.07, 6.45) is 4.72. The van der Waals surface area contributed by atoms with Crippen LogP contribution < -0.4 is 0 Å². The van der Waals surface area contributed by atoms with Crippen LogP contribution in [-0.4, -0.2) is 0 Å². The van der Waals surface area contributed by atoms with Gasteiger partial charge in [-0.1, -0.05) is 152 Å². The molecule has 40 heavy (non-hydrogen) atoms. The van der Waals surface area contributed by atoms with Crippen molar-refractivity contribution in [1.82, 2.24) is 0 Å². The van der Waals surface area contributed by atoms with Crippen molar-refractivity contribution in [3.05, 3.63) is 142 Å². The summed E-state index contributed by atoms with van der Waals surface area (Å²) in [5.74, 6) is 2.04. The summed E-state index contributed by atoms with van der Waals surface area (Å²) in [7, 11) is 0. The third-order valence-corrected chi connectivity index (χ3v) is 7.90. The van der Waals surface area contributed by atoms with Gasteiger partial charge in [0.1, 0.15) is 0 Å². The maximum Gasteiger partial charge on any atom is -0.00992 e. The Labute approximate surface area is 243 Å². The van der Waals surface area contributed by atoms with Crippen LogP contribution in [0.5, 0.6) is 0 Å². The van der Waals surface area contributed by atoms with Crippen LogP contribution in [0.1, 0.15) is 124 Å². The van der Waals surface area contributed by atoms with Crippen molar-refractivity contribution in [2.75, 3.05) is 0 Å². The second kappa shape index (κ2) is 13.1. The summed E-state index contributed by atoms with van der Waals surface area (Å²) in [4.78, 5) is 0. The predicted molar refractivity (Wildman–Crippen MR) is 178 cm³/mol. The summed E-state index contributed by atoms with van der Waals surface area (Å²) >= 11 is 0. The van der Waals surface area contributed by atoms with Crippen LogP contribution in [0, 0.1) is 0 Å². The summed E-state index contributed by atoms with van der Waals surface area (Å²) in [6.45, 7) is 18.0. The van der Waals surface area contributed by atoms with Crippen LogP contribution in [-0.2, 0) is 0 Å². The SMILES string of the molecule is CC(C)c1ccc(C=C(/C(=C\c2ccc(C(C)C)cc2)c2ccc(C(C)C)cc2)c2ccc(C(C)C)cc2)cc1. The third-order valence-electron chi connectivity index (χ3n) is 7.90. The molecule has 0 heteroatoms. The Morgan fingerprint density at radius 3 is 0.800 bits per heavy atom. The fourth-order valence-electron chi connectivity index (χ4n) is 5.02. The largest absolute Gasteiger partial charge is 0.0587 e. The molecule has 4 aromatic carbocycles. The molecular weight excluding hydrogens is 480 g/mol. The van der Waals surface area contributed by atoms with E-state index in [0.717, 1.165) is 0 Å². The molecule has 4 aromatic rings. The molecule has 0 fully saturated rings. The fourth-order valence-corrected chi connectivity index (χ4v) is 5.02. The molecule has 0 amide bonds. The van der Waals surface area contributed by atoms with Crippen molar-refractivity contribution in [2.45, 2.75) is 79.1 Å². The molecule has 206 valence electrons. The van der Waals surface area contributed by atoms with Gasteiger partial charge in [-0.2, -0.15) is 0 Å². The van der Waals surface area contributed by atoms with Crippen molar-refractivity contribution < 1.29 is 0 Å². The zero-order chi connectivity index (χ0) is 28.8. The molecule has 0 nitrogen and oxygen atoms in total. The molecule has 0 saturated heterocycles. The molecule has 0 aromatic heterocycles. The van der Waals surface area contributed by atoms with E-state index < -0.39 is 0 Å². The van der Waals surface area contributed by atoms with Gasteiger partial charge in [-0.25, -0.2) is 0 Å². The van der Waals surface area contributed by atoms with E-state index in [-0.39, 0.29) is 0 Å². The first kappa shape index (κ1) is 29.3. The average Bonchev–Trinajstić information content (AvgIpc) is 2.95. The Kier molecular flexibility index (Phi) is 9.64. The van der Waals surface area contributed by atoms with E-state index in [0.29, 0.717) is 23.7 Å². The Morgan fingerprint density at radius 2 is 0.575 bits per heavy atom. The maximum atomic E-state index is 2.36. The van der Waals surface area contributed by atoms with Crippen molar-refractivity contribution >= 4 is 23.3 Å². The lowest BCUT2D eigenvalue weighted by Gasteiger charge is -2.17. The molecule has 0 aliphatic carbocycles. The van der Waals surface area contributed by atoms with Crippen LogP contribution in [0.2, 0.25) is 0 Å². The Morgan fingerprint density at radius 1 is 0.350 bits per heavy atom. The monoisotopic (exact) mass is 526 g/mol. The molecule has 0 bridgehead atoms. The van der Waals surface area contributed by atoms with E-state index in [1.165, 1.54) is 55.7 Å². The van der Waals surface area contributed by atoms with Gasteiger partial charge >= 0.3 is 0 Å². The Bertz CT molecular complexity index is 1310. The Hall–Kier alpha value is -3.64. The predicted octanol–water partition coefficient (Wildman–Crippen LogP) is 12.0. The average molecular weight is 527 g/mol. The van der Waals surface area contributed by atoms with Gasteiger partial charge in [0, 0.05) is 0 Å². The van der Waals surface area contributed by atoms with Crippen LogP contribution in [0.3, 0.4) is 0 Å². The summed E-state index contributed by atoms with van der Waals surface area (Å²) < 4.78 is 0. The summed E-state index contributed by atoms with van der Waals surface area (Å²) in [5.41, 5.74) is 12.8. The van der Waals surface area contributed by atoms with Gasteiger partial charge < -0.3 is 0 Å². The number of benzene rings is 4. The topological polar surface area (TPSA) is 0 Å². The van der Waals surface area contributed by atoms with E-state index in [1.807, 2.05) is 0 Å². The molecule has 0 aliphatic rings. The van der Waals surface area contributed by atoms with Gasteiger partial charge in [-0.05, 0) is 91.5 Å². The maximum absolute atomic E-state index is 2.36. The normalized spacial score (nSPS) is 12.7. The zero-order valence-electron chi connectivity index (χ0n) is 25.7. The highest BCUT2D eigenvalue weighted by Crippen LogP contribution is 2.36. The van der Waals surface area contributed by atoms with Crippen molar-refractivity contribution in [3.63, 3.8) is 0 Å². The van der Waals surface area contributed by atoms with Gasteiger partial charge in [-0.15, -0.1) is 0 Å². The lowest BCUT2D eigenvalue weighted by Crippen LogP contribution is -1.95. The Balaban J connectivity index is 1.92. The fraction of sp³-hybridized carbons (Fsp3) is 0.300. The zero-order valence-corrected chi connectivity index (χ0v) is 25.7. The summed E-state index contributed by atoms with van der Waals surface area (Å²) in [6, 6.07) is 36.4. The van der Waals surface area contributed by atoms with Crippen molar-refractivity contribution in [3.8, 4) is 0 Å². The minimum atomic E-state index is 0.503. The second-order valence-electron chi connectivity index (χ2n) is 12.3. The molecule has 0 aliphatic heterocycles. The highest BCUT2D eigenvalue weighted by atomic mass is 14.2. The van der Waals surface area contributed by atoms with E-state index in [2.05, 4.69) is 165 Å². The molecule has 0 heterocycles. The third kappa shape index (κ3) is 7.30. The van der Waals surface area contributed by atoms with Crippen LogP contribution >= 0.6 is 0 Å². The number of allylic oxidation sites excluding steroid dienone is 2. The molecule has 0 spiro atoms. The summed E-state index contributed by atoms with van der Waals surface area (Å²) in [5, 5.41) is 0. The highest BCUT2D eigenvalue weighted by molar-refractivity contribution is 6.15. The molecular formula is C40H46. The van der Waals surface area contributed by atoms with Crippen molar-refractivity contribution in [2.24, 2.45) is 0 Å². The van der Waals surface area contributed by atoms with Crippen LogP contribution in [0.15, 0.2) is 97.1 Å². The van der Waals surface area contributed by atoms with E-state index in [9.17, 15) is 0 Å². The highest BCUT2D eigenvalue weighted by Gasteiger charge is 2.14. The lowest BCUT2D eigenvalue weighted by atomic mass is 9.87. The quantitative estimate of drug-likeness (QED) is 0.150. The van der Waals surface area contributed by atoms with E-state index in [1.54, 1.807) is 0 Å². The van der Waals surface area contributed by atoms with Crippen LogP contribution in [0.4, 0.5) is 0 Å². The molecule has 4 rings (SSSR count). The smallest absolute Gasteiger partial charge is 0.00992 e. The van der Waals surface area contributed by atoms with E-state index in [4.69, 9.17) is 0 Å².